The predicted molar refractivity (Wildman–Crippen MR) is 131 cm³/mol. The summed E-state index contributed by atoms with van der Waals surface area (Å²) < 4.78 is 74.6. The van der Waals surface area contributed by atoms with E-state index in [-0.39, 0.29) is 0 Å². The van der Waals surface area contributed by atoms with Crippen LogP contribution in [0, 0.1) is 12.3 Å². The van der Waals surface area contributed by atoms with Crippen LogP contribution in [0.2, 0.25) is 0 Å². The number of carbonyl (C=O) groups is 2. The summed E-state index contributed by atoms with van der Waals surface area (Å²) in [7, 11) is 1.74. The molecule has 1 spiro atoms. The Morgan fingerprint density at radius 3 is 1.88 bits per heavy atom. The van der Waals surface area contributed by atoms with Crippen LogP contribution in [0.5, 0.6) is 5.75 Å². The first kappa shape index (κ1) is 32.9. The lowest BCUT2D eigenvalue weighted by atomic mass is 9.77. The van der Waals surface area contributed by atoms with Crippen molar-refractivity contribution in [3.05, 3.63) is 53.5 Å². The van der Waals surface area contributed by atoms with Crippen molar-refractivity contribution in [2.24, 2.45) is 5.41 Å². The second-order valence-electron chi connectivity index (χ2n) is 9.71. The largest absolute Gasteiger partial charge is 0.497 e. The Labute approximate surface area is 227 Å². The van der Waals surface area contributed by atoms with Crippen molar-refractivity contribution in [1.82, 2.24) is 9.80 Å². The number of aryl methyl sites for hydroxylation is 1. The van der Waals surface area contributed by atoms with Crippen molar-refractivity contribution >= 4 is 11.9 Å². The number of ether oxygens (including phenoxy) is 1. The highest BCUT2D eigenvalue weighted by Crippen LogP contribution is 2.41. The van der Waals surface area contributed by atoms with Crippen LogP contribution in [0.3, 0.4) is 0 Å². The summed E-state index contributed by atoms with van der Waals surface area (Å²) in [5, 5.41) is 14.2. The molecule has 2 N–H and O–H groups in total. The van der Waals surface area contributed by atoms with Gasteiger partial charge in [-0.3, -0.25) is 9.80 Å². The van der Waals surface area contributed by atoms with Gasteiger partial charge in [-0.2, -0.15) is 26.3 Å². The van der Waals surface area contributed by atoms with Gasteiger partial charge in [0.05, 0.1) is 13.7 Å². The molecule has 2 aliphatic heterocycles. The van der Waals surface area contributed by atoms with Gasteiger partial charge in [-0.05, 0) is 81.1 Å². The van der Waals surface area contributed by atoms with Crippen molar-refractivity contribution in [2.45, 2.75) is 51.6 Å². The topological polar surface area (TPSA) is 103 Å². The Bertz CT molecular complexity index is 1090. The fourth-order valence-corrected chi connectivity index (χ4v) is 4.58. The monoisotopic (exact) mass is 582 g/mol. The lowest BCUT2D eigenvalue weighted by Crippen LogP contribution is -2.41. The minimum absolute atomic E-state index is 0.520. The molecule has 0 atom stereocenters. The molecule has 2 saturated heterocycles. The maximum Gasteiger partial charge on any atom is 0.490 e. The van der Waals surface area contributed by atoms with Gasteiger partial charge in [0.25, 0.3) is 0 Å². The molecule has 3 heterocycles. The van der Waals surface area contributed by atoms with Gasteiger partial charge < -0.3 is 19.4 Å². The highest BCUT2D eigenvalue weighted by molar-refractivity contribution is 5.73. The number of alkyl halides is 6. The average Bonchev–Trinajstić information content (AvgIpc) is 3.46. The minimum atomic E-state index is -5.08. The number of hydrogen-bond acceptors (Lipinski definition) is 6. The Kier molecular flexibility index (Phi) is 11.4. The van der Waals surface area contributed by atoms with E-state index >= 15 is 0 Å². The molecule has 2 aliphatic rings. The Balaban J connectivity index is 0.000000333. The van der Waals surface area contributed by atoms with Crippen LogP contribution in [0.25, 0.3) is 0 Å². The molecule has 0 amide bonds. The van der Waals surface area contributed by atoms with Gasteiger partial charge in [-0.25, -0.2) is 9.59 Å². The van der Waals surface area contributed by atoms with Crippen LogP contribution in [0.4, 0.5) is 26.3 Å². The summed E-state index contributed by atoms with van der Waals surface area (Å²) >= 11 is 0. The van der Waals surface area contributed by atoms with E-state index in [0.29, 0.717) is 5.41 Å². The zero-order chi connectivity index (χ0) is 30.1. The van der Waals surface area contributed by atoms with Crippen molar-refractivity contribution in [3.8, 4) is 5.75 Å². The number of rotatable bonds is 5. The molecule has 8 nitrogen and oxygen atoms in total. The van der Waals surface area contributed by atoms with Crippen LogP contribution in [-0.2, 0) is 22.7 Å². The van der Waals surface area contributed by atoms with Gasteiger partial charge in [0, 0.05) is 13.1 Å². The predicted octanol–water partition coefficient (Wildman–Crippen LogP) is 5.35. The summed E-state index contributed by atoms with van der Waals surface area (Å²) in [5.74, 6) is -2.44. The van der Waals surface area contributed by atoms with Gasteiger partial charge in [-0.1, -0.05) is 12.1 Å². The molecule has 0 aliphatic carbocycles. The molecule has 1 aromatic carbocycles. The molecule has 1 aromatic heterocycles. The summed E-state index contributed by atoms with van der Waals surface area (Å²) in [6, 6.07) is 12.7. The Hall–Kier alpha value is -3.26. The van der Waals surface area contributed by atoms with Crippen LogP contribution in [0.1, 0.15) is 36.3 Å². The summed E-state index contributed by atoms with van der Waals surface area (Å²) in [6.45, 7) is 8.84. The van der Waals surface area contributed by atoms with Crippen LogP contribution >= 0.6 is 0 Å². The second-order valence-corrected chi connectivity index (χ2v) is 9.71. The molecule has 14 heteroatoms. The van der Waals surface area contributed by atoms with E-state index in [2.05, 4.69) is 40.1 Å². The van der Waals surface area contributed by atoms with E-state index in [1.807, 2.05) is 13.0 Å². The fraction of sp³-hybridized carbons (Fsp3) is 0.538. The molecular formula is C26H32F6N2O6. The number of carboxylic acid groups (broad SMARTS) is 2. The fourth-order valence-electron chi connectivity index (χ4n) is 4.58. The summed E-state index contributed by atoms with van der Waals surface area (Å²) in [4.78, 5) is 23.0. The number of methoxy groups -OCH3 is 1. The number of likely N-dealkylation sites (tertiary alicyclic amines) is 2. The van der Waals surface area contributed by atoms with Gasteiger partial charge in [0.15, 0.2) is 0 Å². The quantitative estimate of drug-likeness (QED) is 0.455. The summed E-state index contributed by atoms with van der Waals surface area (Å²) in [6.07, 6.45) is -6.21. The Morgan fingerprint density at radius 1 is 0.900 bits per heavy atom. The highest BCUT2D eigenvalue weighted by Gasteiger charge is 2.41. The van der Waals surface area contributed by atoms with Gasteiger partial charge >= 0.3 is 24.3 Å². The van der Waals surface area contributed by atoms with E-state index in [0.717, 1.165) is 30.4 Å². The normalized spacial score (nSPS) is 17.4. The molecule has 2 fully saturated rings. The van der Waals surface area contributed by atoms with E-state index in [1.165, 1.54) is 51.0 Å². The number of halogens is 6. The first-order valence-corrected chi connectivity index (χ1v) is 12.3. The molecule has 0 unspecified atom stereocenters. The first-order chi connectivity index (χ1) is 18.5. The number of carboxylic acids is 2. The van der Waals surface area contributed by atoms with Gasteiger partial charge in [0.2, 0.25) is 0 Å². The second kappa shape index (κ2) is 13.9. The lowest BCUT2D eigenvalue weighted by molar-refractivity contribution is -0.193. The maximum absolute atomic E-state index is 10.6. The van der Waals surface area contributed by atoms with Crippen molar-refractivity contribution in [2.75, 3.05) is 33.3 Å². The van der Waals surface area contributed by atoms with Crippen LogP contribution < -0.4 is 4.74 Å². The van der Waals surface area contributed by atoms with Gasteiger partial charge in [-0.15, -0.1) is 0 Å². The number of hydrogen-bond donors (Lipinski definition) is 2. The van der Waals surface area contributed by atoms with Gasteiger partial charge in [0.1, 0.15) is 17.3 Å². The maximum atomic E-state index is 10.6. The van der Waals surface area contributed by atoms with E-state index in [9.17, 15) is 26.3 Å². The van der Waals surface area contributed by atoms with Crippen molar-refractivity contribution in [1.29, 1.82) is 0 Å². The third-order valence-electron chi connectivity index (χ3n) is 6.63. The van der Waals surface area contributed by atoms with Crippen LogP contribution in [0.15, 0.2) is 40.8 Å². The molecule has 0 radical (unpaired) electrons. The number of piperidine rings is 1. The number of nitrogens with zero attached hydrogens (tertiary/aromatic N) is 2. The average molecular weight is 583 g/mol. The molecular weight excluding hydrogens is 550 g/mol. The van der Waals surface area contributed by atoms with E-state index < -0.39 is 24.3 Å². The van der Waals surface area contributed by atoms with E-state index in [1.54, 1.807) is 7.11 Å². The zero-order valence-electron chi connectivity index (χ0n) is 22.0. The smallest absolute Gasteiger partial charge is 0.490 e. The molecule has 0 saturated carbocycles. The molecule has 224 valence electrons. The molecule has 0 bridgehead atoms. The lowest BCUT2D eigenvalue weighted by Gasteiger charge is -2.39. The first-order valence-electron chi connectivity index (χ1n) is 12.3. The summed E-state index contributed by atoms with van der Waals surface area (Å²) in [5.41, 5.74) is 1.87. The van der Waals surface area contributed by atoms with Crippen LogP contribution in [-0.4, -0.2) is 77.6 Å². The SMILES string of the molecule is COc1cccc(CN2CCC3(CC2)CCN(Cc2ccc(C)o2)C3)c1.O=C(O)C(F)(F)F.O=C(O)C(F)(F)F. The number of furan rings is 1. The molecule has 40 heavy (non-hydrogen) atoms. The van der Waals surface area contributed by atoms with Crippen molar-refractivity contribution in [3.63, 3.8) is 0 Å². The Morgan fingerprint density at radius 2 is 1.43 bits per heavy atom. The van der Waals surface area contributed by atoms with Crippen molar-refractivity contribution < 1.29 is 55.3 Å². The number of benzene rings is 1. The molecule has 2 aromatic rings. The standard InChI is InChI=1S/C22H30N2O2.2C2HF3O2/c1-18-6-7-21(26-18)16-24-13-10-22(17-24)8-11-23(12-9-22)15-19-4-3-5-20(14-19)25-2;2*3-2(4,5)1(6)7/h3-7,14H,8-13,15-17H2,1-2H3;2*(H,6,7). The minimum Gasteiger partial charge on any atom is -0.497 e. The highest BCUT2D eigenvalue weighted by atomic mass is 19.4. The third-order valence-corrected chi connectivity index (χ3v) is 6.63. The number of aliphatic carboxylic acids is 2. The zero-order valence-corrected chi connectivity index (χ0v) is 22.0. The van der Waals surface area contributed by atoms with E-state index in [4.69, 9.17) is 29.0 Å². The third kappa shape index (κ3) is 10.7. The molecule has 4 rings (SSSR count).